The van der Waals surface area contributed by atoms with E-state index in [9.17, 15) is 9.59 Å². The Labute approximate surface area is 137 Å². The van der Waals surface area contributed by atoms with Crippen molar-refractivity contribution in [3.63, 3.8) is 0 Å². The molecule has 1 rings (SSSR count). The van der Waals surface area contributed by atoms with Crippen LogP contribution in [-0.4, -0.2) is 31.4 Å². The van der Waals surface area contributed by atoms with Crippen LogP contribution in [0, 0.1) is 6.92 Å². The van der Waals surface area contributed by atoms with Crippen LogP contribution in [0.25, 0.3) is 0 Å². The third-order valence-electron chi connectivity index (χ3n) is 2.83. The van der Waals surface area contributed by atoms with Gasteiger partial charge in [-0.15, -0.1) is 0 Å². The normalized spacial score (nSPS) is 10.8. The number of rotatable bonds is 8. The third kappa shape index (κ3) is 8.09. The molecule has 0 saturated heterocycles. The minimum atomic E-state index is -0.533. The van der Waals surface area contributed by atoms with E-state index in [0.717, 1.165) is 24.2 Å². The SMILES string of the molecule is Cc1cc(OCCCCOC=O)ccc1NC(=O)OC(C)(C)C. The molecule has 0 fully saturated rings. The fourth-order valence-corrected chi connectivity index (χ4v) is 1.81. The van der Waals surface area contributed by atoms with E-state index in [1.165, 1.54) is 0 Å². The van der Waals surface area contributed by atoms with Gasteiger partial charge in [0.25, 0.3) is 6.47 Å². The highest BCUT2D eigenvalue weighted by molar-refractivity contribution is 5.86. The van der Waals surface area contributed by atoms with Crippen LogP contribution in [0.4, 0.5) is 10.5 Å². The van der Waals surface area contributed by atoms with Gasteiger partial charge in [-0.3, -0.25) is 10.1 Å². The maximum atomic E-state index is 11.8. The number of aryl methyl sites for hydroxylation is 1. The molecule has 1 aromatic rings. The van der Waals surface area contributed by atoms with E-state index in [1.54, 1.807) is 12.1 Å². The van der Waals surface area contributed by atoms with Crippen LogP contribution in [0.5, 0.6) is 5.75 Å². The third-order valence-corrected chi connectivity index (χ3v) is 2.83. The molecule has 0 bridgehead atoms. The standard InChI is InChI=1S/C17H25NO5/c1-13-11-14(22-10-6-5-9-21-12-19)7-8-15(13)18-16(20)23-17(2,3)4/h7-8,11-12H,5-6,9-10H2,1-4H3,(H,18,20). The summed E-state index contributed by atoms with van der Waals surface area (Å²) in [5, 5.41) is 2.72. The number of carbonyl (C=O) groups excluding carboxylic acids is 2. The minimum Gasteiger partial charge on any atom is -0.494 e. The van der Waals surface area contributed by atoms with E-state index >= 15 is 0 Å². The van der Waals surface area contributed by atoms with E-state index < -0.39 is 11.7 Å². The first-order valence-electron chi connectivity index (χ1n) is 7.60. The summed E-state index contributed by atoms with van der Waals surface area (Å²) in [7, 11) is 0. The van der Waals surface area contributed by atoms with Gasteiger partial charge in [-0.25, -0.2) is 4.79 Å². The van der Waals surface area contributed by atoms with E-state index in [1.807, 2.05) is 33.8 Å². The van der Waals surface area contributed by atoms with Crippen molar-refractivity contribution in [1.82, 2.24) is 0 Å². The number of ether oxygens (including phenoxy) is 3. The second kappa shape index (κ2) is 9.02. The van der Waals surface area contributed by atoms with Crippen LogP contribution in [0.1, 0.15) is 39.2 Å². The summed E-state index contributed by atoms with van der Waals surface area (Å²) in [6.45, 7) is 8.73. The average Bonchev–Trinajstić information content (AvgIpc) is 2.43. The van der Waals surface area contributed by atoms with Crippen LogP contribution >= 0.6 is 0 Å². The molecule has 0 aliphatic rings. The summed E-state index contributed by atoms with van der Waals surface area (Å²) in [5.74, 6) is 0.730. The van der Waals surface area contributed by atoms with E-state index in [0.29, 0.717) is 25.4 Å². The smallest absolute Gasteiger partial charge is 0.412 e. The van der Waals surface area contributed by atoms with Gasteiger partial charge in [0.05, 0.1) is 13.2 Å². The summed E-state index contributed by atoms with van der Waals surface area (Å²) in [5.41, 5.74) is 1.04. The molecule has 0 spiro atoms. The molecule has 0 aliphatic heterocycles. The highest BCUT2D eigenvalue weighted by Crippen LogP contribution is 2.22. The van der Waals surface area contributed by atoms with Crippen molar-refractivity contribution in [2.24, 2.45) is 0 Å². The second-order valence-corrected chi connectivity index (χ2v) is 6.13. The van der Waals surface area contributed by atoms with E-state index in [2.05, 4.69) is 10.1 Å². The van der Waals surface area contributed by atoms with Crippen molar-refractivity contribution >= 4 is 18.3 Å². The molecule has 0 unspecified atom stereocenters. The number of hydrogen-bond donors (Lipinski definition) is 1. The zero-order chi connectivity index (χ0) is 17.3. The number of anilines is 1. The lowest BCUT2D eigenvalue weighted by atomic mass is 10.2. The Bertz CT molecular complexity index is 522. The van der Waals surface area contributed by atoms with Gasteiger partial charge in [0.1, 0.15) is 11.4 Å². The molecule has 0 aliphatic carbocycles. The molecule has 0 aromatic heterocycles. The van der Waals surface area contributed by atoms with Crippen LogP contribution in [0.2, 0.25) is 0 Å². The molecule has 23 heavy (non-hydrogen) atoms. The molecule has 1 N–H and O–H groups in total. The Balaban J connectivity index is 2.45. The Morgan fingerprint density at radius 1 is 1.22 bits per heavy atom. The molecular weight excluding hydrogens is 298 g/mol. The average molecular weight is 323 g/mol. The Hall–Kier alpha value is -2.24. The first kappa shape index (κ1) is 18.8. The van der Waals surface area contributed by atoms with Crippen molar-refractivity contribution in [1.29, 1.82) is 0 Å². The fourth-order valence-electron chi connectivity index (χ4n) is 1.81. The predicted octanol–water partition coefficient (Wildman–Crippen LogP) is 3.67. The van der Waals surface area contributed by atoms with Gasteiger partial charge < -0.3 is 14.2 Å². The van der Waals surface area contributed by atoms with Gasteiger partial charge in [-0.05, 0) is 64.3 Å². The van der Waals surface area contributed by atoms with Crippen molar-refractivity contribution in [3.05, 3.63) is 23.8 Å². The number of nitrogens with one attached hydrogen (secondary N) is 1. The minimum absolute atomic E-state index is 0.407. The Kier molecular flexibility index (Phi) is 7.38. The molecule has 0 heterocycles. The van der Waals surface area contributed by atoms with Crippen molar-refractivity contribution < 1.29 is 23.8 Å². The van der Waals surface area contributed by atoms with Gasteiger partial charge in [-0.2, -0.15) is 0 Å². The van der Waals surface area contributed by atoms with Gasteiger partial charge in [0.15, 0.2) is 0 Å². The summed E-state index contributed by atoms with van der Waals surface area (Å²) in [4.78, 5) is 21.8. The number of amides is 1. The Morgan fingerprint density at radius 3 is 2.52 bits per heavy atom. The lowest BCUT2D eigenvalue weighted by Gasteiger charge is -2.20. The Morgan fingerprint density at radius 2 is 1.91 bits per heavy atom. The number of benzene rings is 1. The highest BCUT2D eigenvalue weighted by Gasteiger charge is 2.16. The van der Waals surface area contributed by atoms with Gasteiger partial charge in [0.2, 0.25) is 0 Å². The fraction of sp³-hybridized carbons (Fsp3) is 0.529. The summed E-state index contributed by atoms with van der Waals surface area (Å²) >= 11 is 0. The van der Waals surface area contributed by atoms with Gasteiger partial charge in [0, 0.05) is 5.69 Å². The van der Waals surface area contributed by atoms with Crippen molar-refractivity contribution in [2.45, 2.75) is 46.1 Å². The van der Waals surface area contributed by atoms with Crippen molar-refractivity contribution in [3.8, 4) is 5.75 Å². The van der Waals surface area contributed by atoms with Crippen molar-refractivity contribution in [2.75, 3.05) is 18.5 Å². The van der Waals surface area contributed by atoms with Crippen LogP contribution < -0.4 is 10.1 Å². The number of unbranched alkanes of at least 4 members (excludes halogenated alkanes) is 1. The summed E-state index contributed by atoms with van der Waals surface area (Å²) in [6.07, 6.45) is 1.07. The first-order chi connectivity index (χ1) is 10.8. The molecule has 0 saturated carbocycles. The lowest BCUT2D eigenvalue weighted by Crippen LogP contribution is -2.27. The maximum Gasteiger partial charge on any atom is 0.412 e. The number of hydrogen-bond acceptors (Lipinski definition) is 5. The summed E-state index contributed by atoms with van der Waals surface area (Å²) < 4.78 is 15.4. The molecule has 0 atom stereocenters. The van der Waals surface area contributed by atoms with Gasteiger partial charge in [-0.1, -0.05) is 0 Å². The quantitative estimate of drug-likeness (QED) is 0.583. The topological polar surface area (TPSA) is 73.9 Å². The molecule has 6 heteroatoms. The summed E-state index contributed by atoms with van der Waals surface area (Å²) in [6, 6.07) is 5.43. The first-order valence-corrected chi connectivity index (χ1v) is 7.60. The zero-order valence-corrected chi connectivity index (χ0v) is 14.2. The van der Waals surface area contributed by atoms with Gasteiger partial charge >= 0.3 is 6.09 Å². The number of carbonyl (C=O) groups is 2. The monoisotopic (exact) mass is 323 g/mol. The molecule has 128 valence electrons. The maximum absolute atomic E-state index is 11.8. The predicted molar refractivity (Wildman–Crippen MR) is 87.8 cm³/mol. The van der Waals surface area contributed by atoms with Crippen LogP contribution in [0.3, 0.4) is 0 Å². The van der Waals surface area contributed by atoms with E-state index in [-0.39, 0.29) is 0 Å². The molecule has 0 radical (unpaired) electrons. The molecular formula is C17H25NO5. The van der Waals surface area contributed by atoms with Crippen LogP contribution in [-0.2, 0) is 14.3 Å². The highest BCUT2D eigenvalue weighted by atomic mass is 16.6. The molecule has 1 amide bonds. The second-order valence-electron chi connectivity index (χ2n) is 6.13. The largest absolute Gasteiger partial charge is 0.494 e. The van der Waals surface area contributed by atoms with E-state index in [4.69, 9.17) is 9.47 Å². The molecule has 1 aromatic carbocycles. The lowest BCUT2D eigenvalue weighted by molar-refractivity contribution is -0.128. The zero-order valence-electron chi connectivity index (χ0n) is 14.2. The van der Waals surface area contributed by atoms with Crippen LogP contribution in [0.15, 0.2) is 18.2 Å². The molecule has 6 nitrogen and oxygen atoms in total.